The smallest absolute Gasteiger partial charge is 0.162 e. The van der Waals surface area contributed by atoms with Crippen molar-refractivity contribution in [1.82, 2.24) is 9.97 Å². The zero-order valence-corrected chi connectivity index (χ0v) is 11.6. The van der Waals surface area contributed by atoms with E-state index in [1.54, 1.807) is 7.11 Å². The molecule has 1 aliphatic carbocycles. The number of hydrogen-bond acceptors (Lipinski definition) is 4. The number of nitrogens with zero attached hydrogens (tertiary/aromatic N) is 2. The second-order valence-corrected chi connectivity index (χ2v) is 5.46. The highest BCUT2D eigenvalue weighted by atomic mass is 16.5. The number of nitrogens with two attached hydrogens (primary N) is 1. The summed E-state index contributed by atoms with van der Waals surface area (Å²) in [5.41, 5.74) is 6.59. The van der Waals surface area contributed by atoms with Crippen LogP contribution >= 0.6 is 0 Å². The van der Waals surface area contributed by atoms with E-state index < -0.39 is 0 Å². The maximum Gasteiger partial charge on any atom is 0.162 e. The molecule has 0 bridgehead atoms. The number of nitrogen functional groups attached to an aromatic ring is 1. The second-order valence-electron chi connectivity index (χ2n) is 5.46. The van der Waals surface area contributed by atoms with E-state index in [2.05, 4.69) is 23.8 Å². The Morgan fingerprint density at radius 3 is 2.44 bits per heavy atom. The first-order valence-corrected chi connectivity index (χ1v) is 6.77. The lowest BCUT2D eigenvalue weighted by molar-refractivity contribution is -0.0515. The van der Waals surface area contributed by atoms with Crippen molar-refractivity contribution in [2.45, 2.75) is 57.5 Å². The van der Waals surface area contributed by atoms with E-state index >= 15 is 0 Å². The molecule has 0 amide bonds. The van der Waals surface area contributed by atoms with Crippen molar-refractivity contribution in [3.63, 3.8) is 0 Å². The predicted octanol–water partition coefficient (Wildman–Crippen LogP) is 2.99. The van der Waals surface area contributed by atoms with Crippen molar-refractivity contribution in [1.29, 1.82) is 0 Å². The maximum absolute atomic E-state index is 5.91. The van der Waals surface area contributed by atoms with Crippen LogP contribution in [0.1, 0.15) is 63.4 Å². The summed E-state index contributed by atoms with van der Waals surface area (Å²) in [6.07, 6.45) is 5.59. The highest BCUT2D eigenvalue weighted by Crippen LogP contribution is 2.38. The lowest BCUT2D eigenvalue weighted by Crippen LogP contribution is -2.34. The number of methoxy groups -OCH3 is 1. The van der Waals surface area contributed by atoms with Crippen LogP contribution in [0.15, 0.2) is 6.07 Å². The van der Waals surface area contributed by atoms with Crippen molar-refractivity contribution in [3.8, 4) is 0 Å². The Balaban J connectivity index is 2.41. The summed E-state index contributed by atoms with van der Waals surface area (Å²) >= 11 is 0. The highest BCUT2D eigenvalue weighted by molar-refractivity contribution is 5.32. The minimum absolute atomic E-state index is 0.322. The van der Waals surface area contributed by atoms with Gasteiger partial charge in [0, 0.05) is 18.9 Å². The Morgan fingerprint density at radius 1 is 1.22 bits per heavy atom. The van der Waals surface area contributed by atoms with Crippen LogP contribution in [0.3, 0.4) is 0 Å². The van der Waals surface area contributed by atoms with Gasteiger partial charge in [0.25, 0.3) is 0 Å². The fourth-order valence-corrected chi connectivity index (χ4v) is 2.63. The third kappa shape index (κ3) is 2.48. The van der Waals surface area contributed by atoms with Crippen LogP contribution in [-0.4, -0.2) is 17.1 Å². The van der Waals surface area contributed by atoms with Crippen LogP contribution in [-0.2, 0) is 10.3 Å². The number of anilines is 1. The average molecular weight is 249 g/mol. The molecule has 1 aromatic heterocycles. The third-order valence-corrected chi connectivity index (χ3v) is 3.82. The molecule has 0 atom stereocenters. The van der Waals surface area contributed by atoms with Crippen molar-refractivity contribution in [2.24, 2.45) is 0 Å². The maximum atomic E-state index is 5.91. The molecule has 1 aromatic rings. The summed E-state index contributed by atoms with van der Waals surface area (Å²) in [5, 5.41) is 0. The molecule has 1 heterocycles. The van der Waals surface area contributed by atoms with Gasteiger partial charge in [0.1, 0.15) is 11.4 Å². The van der Waals surface area contributed by atoms with E-state index in [1.807, 2.05) is 6.07 Å². The van der Waals surface area contributed by atoms with E-state index in [1.165, 1.54) is 19.3 Å². The minimum atomic E-state index is -0.322. The fourth-order valence-electron chi connectivity index (χ4n) is 2.63. The lowest BCUT2D eigenvalue weighted by Gasteiger charge is -2.34. The van der Waals surface area contributed by atoms with E-state index in [4.69, 9.17) is 10.5 Å². The minimum Gasteiger partial charge on any atom is -0.384 e. The predicted molar refractivity (Wildman–Crippen MR) is 72.3 cm³/mol. The van der Waals surface area contributed by atoms with E-state index in [0.29, 0.717) is 11.7 Å². The molecular weight excluding hydrogens is 226 g/mol. The second kappa shape index (κ2) is 5.22. The van der Waals surface area contributed by atoms with Gasteiger partial charge in [-0.3, -0.25) is 0 Å². The first-order chi connectivity index (χ1) is 8.57. The van der Waals surface area contributed by atoms with Crippen LogP contribution in [0.25, 0.3) is 0 Å². The van der Waals surface area contributed by atoms with Gasteiger partial charge in [0.05, 0.1) is 0 Å². The van der Waals surface area contributed by atoms with Gasteiger partial charge < -0.3 is 10.5 Å². The average Bonchev–Trinajstić information content (AvgIpc) is 2.38. The van der Waals surface area contributed by atoms with Gasteiger partial charge in [-0.15, -0.1) is 0 Å². The molecule has 1 aliphatic rings. The number of aromatic nitrogens is 2. The summed E-state index contributed by atoms with van der Waals surface area (Å²) in [4.78, 5) is 9.11. The van der Waals surface area contributed by atoms with Gasteiger partial charge in [-0.2, -0.15) is 0 Å². The Hall–Kier alpha value is -1.16. The summed E-state index contributed by atoms with van der Waals surface area (Å²) in [5.74, 6) is 1.67. The Morgan fingerprint density at radius 2 is 1.89 bits per heavy atom. The standard InChI is InChI=1S/C14H23N3O/c1-10(2)11-9-12(15)17-13(16-11)14(18-3)7-5-4-6-8-14/h9-10H,4-8H2,1-3H3,(H2,15,16,17). The molecule has 0 saturated heterocycles. The molecule has 4 nitrogen and oxygen atoms in total. The van der Waals surface area contributed by atoms with Crippen LogP contribution in [0.2, 0.25) is 0 Å². The number of ether oxygens (including phenoxy) is 1. The molecule has 1 saturated carbocycles. The Bertz CT molecular complexity index is 412. The molecule has 0 radical (unpaired) electrons. The zero-order valence-electron chi connectivity index (χ0n) is 11.6. The van der Waals surface area contributed by atoms with Gasteiger partial charge in [-0.1, -0.05) is 33.1 Å². The molecule has 2 rings (SSSR count). The first-order valence-electron chi connectivity index (χ1n) is 6.77. The fraction of sp³-hybridized carbons (Fsp3) is 0.714. The van der Waals surface area contributed by atoms with Gasteiger partial charge >= 0.3 is 0 Å². The molecule has 4 heteroatoms. The first kappa shape index (κ1) is 13.3. The summed E-state index contributed by atoms with van der Waals surface area (Å²) in [6.45, 7) is 4.23. The Kier molecular flexibility index (Phi) is 3.85. The lowest BCUT2D eigenvalue weighted by atomic mass is 9.83. The van der Waals surface area contributed by atoms with Crippen molar-refractivity contribution < 1.29 is 4.74 Å². The summed E-state index contributed by atoms with van der Waals surface area (Å²) < 4.78 is 5.77. The summed E-state index contributed by atoms with van der Waals surface area (Å²) in [7, 11) is 1.76. The van der Waals surface area contributed by atoms with E-state index in [0.717, 1.165) is 24.4 Å². The number of hydrogen-bond donors (Lipinski definition) is 1. The molecule has 0 spiro atoms. The zero-order chi connectivity index (χ0) is 13.2. The summed E-state index contributed by atoms with van der Waals surface area (Å²) in [6, 6.07) is 1.86. The molecule has 0 aromatic carbocycles. The molecule has 18 heavy (non-hydrogen) atoms. The van der Waals surface area contributed by atoms with Gasteiger partial charge in [0.15, 0.2) is 5.82 Å². The van der Waals surface area contributed by atoms with Gasteiger partial charge in [0.2, 0.25) is 0 Å². The van der Waals surface area contributed by atoms with Crippen LogP contribution in [0.4, 0.5) is 5.82 Å². The molecule has 0 unspecified atom stereocenters. The molecular formula is C14H23N3O. The van der Waals surface area contributed by atoms with E-state index in [9.17, 15) is 0 Å². The largest absolute Gasteiger partial charge is 0.384 e. The monoisotopic (exact) mass is 249 g/mol. The molecule has 1 fully saturated rings. The van der Waals surface area contributed by atoms with E-state index in [-0.39, 0.29) is 5.60 Å². The van der Waals surface area contributed by atoms with Crippen molar-refractivity contribution >= 4 is 5.82 Å². The van der Waals surface area contributed by atoms with Crippen LogP contribution < -0.4 is 5.73 Å². The quantitative estimate of drug-likeness (QED) is 0.894. The SMILES string of the molecule is COC1(c2nc(N)cc(C(C)C)n2)CCCCC1. The topological polar surface area (TPSA) is 61.0 Å². The van der Waals surface area contributed by atoms with Crippen molar-refractivity contribution in [3.05, 3.63) is 17.6 Å². The Labute approximate surface area is 109 Å². The van der Waals surface area contributed by atoms with Gasteiger partial charge in [-0.05, 0) is 18.8 Å². The third-order valence-electron chi connectivity index (χ3n) is 3.82. The van der Waals surface area contributed by atoms with Gasteiger partial charge in [-0.25, -0.2) is 9.97 Å². The van der Waals surface area contributed by atoms with Crippen LogP contribution in [0, 0.1) is 0 Å². The number of rotatable bonds is 3. The van der Waals surface area contributed by atoms with Crippen molar-refractivity contribution in [2.75, 3.05) is 12.8 Å². The molecule has 0 aliphatic heterocycles. The van der Waals surface area contributed by atoms with Crippen LogP contribution in [0.5, 0.6) is 0 Å². The highest BCUT2D eigenvalue weighted by Gasteiger charge is 2.37. The molecule has 2 N–H and O–H groups in total. The normalized spacial score (nSPS) is 19.1. The molecule has 100 valence electrons.